The zero-order chi connectivity index (χ0) is 25.0. The molecule has 1 fully saturated rings. The van der Waals surface area contributed by atoms with E-state index in [1.165, 1.54) is 11.3 Å². The van der Waals surface area contributed by atoms with Crippen molar-refractivity contribution >= 4 is 33.9 Å². The summed E-state index contributed by atoms with van der Waals surface area (Å²) in [7, 11) is 0. The molecule has 37 heavy (non-hydrogen) atoms. The Morgan fingerprint density at radius 3 is 2.76 bits per heavy atom. The van der Waals surface area contributed by atoms with Crippen molar-refractivity contribution in [2.75, 3.05) is 18.4 Å². The van der Waals surface area contributed by atoms with Crippen LogP contribution in [0.25, 0.3) is 21.5 Å². The van der Waals surface area contributed by atoms with E-state index < -0.39 is 0 Å². The number of aromatic nitrogens is 5. The number of thiazole rings is 1. The van der Waals surface area contributed by atoms with Gasteiger partial charge in [0, 0.05) is 41.1 Å². The molecule has 0 amide bonds. The lowest BCUT2D eigenvalue weighted by Crippen LogP contribution is -2.34. The van der Waals surface area contributed by atoms with Crippen molar-refractivity contribution in [3.05, 3.63) is 77.7 Å². The highest BCUT2D eigenvalue weighted by Crippen LogP contribution is 2.37. The predicted molar refractivity (Wildman–Crippen MR) is 144 cm³/mol. The van der Waals surface area contributed by atoms with Crippen LogP contribution in [0.4, 0.5) is 11.6 Å². The van der Waals surface area contributed by atoms with Crippen LogP contribution in [-0.4, -0.2) is 49.0 Å². The first-order valence-electron chi connectivity index (χ1n) is 12.3. The van der Waals surface area contributed by atoms with E-state index in [1.807, 2.05) is 52.8 Å². The van der Waals surface area contributed by atoms with Gasteiger partial charge in [-0.1, -0.05) is 12.1 Å². The normalized spacial score (nSPS) is 14.2. The van der Waals surface area contributed by atoms with E-state index in [9.17, 15) is 5.11 Å². The van der Waals surface area contributed by atoms with Crippen LogP contribution < -0.4 is 15.4 Å². The smallest absolute Gasteiger partial charge is 0.227 e. The molecular weight excluding hydrogens is 486 g/mol. The number of ether oxygens (including phenoxy) is 1. The second-order valence-electron chi connectivity index (χ2n) is 9.00. The summed E-state index contributed by atoms with van der Waals surface area (Å²) in [6, 6.07) is 14.1. The fourth-order valence-corrected chi connectivity index (χ4v) is 5.22. The van der Waals surface area contributed by atoms with E-state index in [0.29, 0.717) is 11.6 Å². The Morgan fingerprint density at radius 1 is 1.14 bits per heavy atom. The van der Waals surface area contributed by atoms with Gasteiger partial charge in [0.2, 0.25) is 5.95 Å². The summed E-state index contributed by atoms with van der Waals surface area (Å²) in [6.45, 7) is 2.52. The SMILES string of the molecule is OCc1csc(-c2cc3cnc(Nc4ccc(Cn5cccn5)cc4)nc3cc2OC2CCNCC2)n1. The third kappa shape index (κ3) is 5.46. The van der Waals surface area contributed by atoms with Crippen LogP contribution in [0.1, 0.15) is 24.1 Å². The maximum atomic E-state index is 9.50. The summed E-state index contributed by atoms with van der Waals surface area (Å²) >= 11 is 1.50. The van der Waals surface area contributed by atoms with Gasteiger partial charge < -0.3 is 20.5 Å². The first-order chi connectivity index (χ1) is 18.2. The minimum Gasteiger partial charge on any atom is -0.490 e. The van der Waals surface area contributed by atoms with Gasteiger partial charge in [0.1, 0.15) is 16.9 Å². The van der Waals surface area contributed by atoms with Crippen molar-refractivity contribution in [3.63, 3.8) is 0 Å². The van der Waals surface area contributed by atoms with E-state index in [0.717, 1.165) is 71.0 Å². The zero-order valence-electron chi connectivity index (χ0n) is 20.2. The molecule has 1 aliphatic heterocycles. The maximum Gasteiger partial charge on any atom is 0.227 e. The summed E-state index contributed by atoms with van der Waals surface area (Å²) in [4.78, 5) is 13.9. The molecule has 0 spiro atoms. The summed E-state index contributed by atoms with van der Waals surface area (Å²) in [5.41, 5.74) is 4.41. The number of aliphatic hydroxyl groups excluding tert-OH is 1. The molecule has 3 N–H and O–H groups in total. The molecule has 0 unspecified atom stereocenters. The van der Waals surface area contributed by atoms with E-state index in [2.05, 4.69) is 37.8 Å². The summed E-state index contributed by atoms with van der Waals surface area (Å²) in [5.74, 6) is 1.27. The van der Waals surface area contributed by atoms with E-state index >= 15 is 0 Å². The molecule has 9 nitrogen and oxygen atoms in total. The molecule has 0 bridgehead atoms. The molecule has 10 heteroatoms. The number of anilines is 2. The van der Waals surface area contributed by atoms with Crippen LogP contribution in [0.3, 0.4) is 0 Å². The van der Waals surface area contributed by atoms with Gasteiger partial charge in [-0.25, -0.2) is 15.0 Å². The molecule has 4 heterocycles. The molecular formula is C27H27N7O2S. The number of nitrogens with zero attached hydrogens (tertiary/aromatic N) is 5. The minimum atomic E-state index is -0.0864. The second kappa shape index (κ2) is 10.6. The molecule has 188 valence electrons. The van der Waals surface area contributed by atoms with Gasteiger partial charge >= 0.3 is 0 Å². The highest BCUT2D eigenvalue weighted by atomic mass is 32.1. The molecule has 5 aromatic rings. The largest absolute Gasteiger partial charge is 0.490 e. The van der Waals surface area contributed by atoms with E-state index in [-0.39, 0.29) is 12.7 Å². The Balaban J connectivity index is 1.27. The molecule has 2 aromatic carbocycles. The van der Waals surface area contributed by atoms with Crippen LogP contribution in [0.2, 0.25) is 0 Å². The molecule has 0 radical (unpaired) electrons. The number of nitrogens with one attached hydrogen (secondary N) is 2. The van der Waals surface area contributed by atoms with Gasteiger partial charge in [-0.2, -0.15) is 5.10 Å². The highest BCUT2D eigenvalue weighted by Gasteiger charge is 2.19. The molecule has 0 saturated carbocycles. The first kappa shape index (κ1) is 23.5. The summed E-state index contributed by atoms with van der Waals surface area (Å²) in [5, 5.41) is 24.0. The Kier molecular flexibility index (Phi) is 6.76. The number of piperidine rings is 1. The van der Waals surface area contributed by atoms with Crippen LogP contribution in [0.5, 0.6) is 5.75 Å². The molecule has 0 atom stereocenters. The van der Waals surface area contributed by atoms with Gasteiger partial charge in [-0.3, -0.25) is 4.68 Å². The van der Waals surface area contributed by atoms with Crippen molar-refractivity contribution in [1.82, 2.24) is 30.0 Å². The maximum absolute atomic E-state index is 9.50. The van der Waals surface area contributed by atoms with Crippen molar-refractivity contribution in [3.8, 4) is 16.3 Å². The summed E-state index contributed by atoms with van der Waals surface area (Å²) < 4.78 is 8.37. The molecule has 6 rings (SSSR count). The fraction of sp³-hybridized carbons (Fsp3) is 0.259. The fourth-order valence-electron chi connectivity index (χ4n) is 4.38. The number of fused-ring (bicyclic) bond motifs is 1. The number of aliphatic hydroxyl groups is 1. The van der Waals surface area contributed by atoms with Gasteiger partial charge in [-0.15, -0.1) is 11.3 Å². The van der Waals surface area contributed by atoms with E-state index in [1.54, 1.807) is 6.20 Å². The average Bonchev–Trinajstić information content (AvgIpc) is 3.62. The number of benzene rings is 2. The van der Waals surface area contributed by atoms with Crippen molar-refractivity contribution in [1.29, 1.82) is 0 Å². The standard InChI is InChI=1S/C27H27N7O2S/c35-16-21-17-37-26(31-21)23-12-19-14-29-27(33-24(19)13-25(23)36-22-6-9-28-10-7-22)32-20-4-2-18(3-5-20)15-34-11-1-8-30-34/h1-5,8,11-14,17,22,28,35H,6-7,9-10,15-16H2,(H,29,32,33). The lowest BCUT2D eigenvalue weighted by Gasteiger charge is -2.25. The molecule has 0 aliphatic carbocycles. The minimum absolute atomic E-state index is 0.0864. The summed E-state index contributed by atoms with van der Waals surface area (Å²) in [6.07, 6.45) is 7.57. The number of rotatable bonds is 8. The van der Waals surface area contributed by atoms with Gasteiger partial charge in [0.05, 0.1) is 29.9 Å². The number of hydrogen-bond donors (Lipinski definition) is 3. The zero-order valence-corrected chi connectivity index (χ0v) is 21.0. The first-order valence-corrected chi connectivity index (χ1v) is 13.2. The predicted octanol–water partition coefficient (Wildman–Crippen LogP) is 4.36. The third-order valence-electron chi connectivity index (χ3n) is 6.32. The molecule has 1 aliphatic rings. The Labute approximate surface area is 218 Å². The van der Waals surface area contributed by atoms with Crippen LogP contribution in [0.15, 0.2) is 66.4 Å². The third-order valence-corrected chi connectivity index (χ3v) is 7.24. The van der Waals surface area contributed by atoms with Crippen molar-refractivity contribution in [2.45, 2.75) is 32.1 Å². The monoisotopic (exact) mass is 513 g/mol. The molecule has 1 saturated heterocycles. The average molecular weight is 514 g/mol. The highest BCUT2D eigenvalue weighted by molar-refractivity contribution is 7.13. The van der Waals surface area contributed by atoms with Crippen molar-refractivity contribution < 1.29 is 9.84 Å². The lowest BCUT2D eigenvalue weighted by molar-refractivity contribution is 0.163. The van der Waals surface area contributed by atoms with Crippen molar-refractivity contribution in [2.24, 2.45) is 0 Å². The van der Waals surface area contributed by atoms with Crippen LogP contribution in [0, 0.1) is 0 Å². The Bertz CT molecular complexity index is 1480. The van der Waals surface area contributed by atoms with E-state index in [4.69, 9.17) is 9.72 Å². The topological polar surface area (TPSA) is 110 Å². The van der Waals surface area contributed by atoms with Gasteiger partial charge in [-0.05, 0) is 55.8 Å². The van der Waals surface area contributed by atoms with Crippen LogP contribution in [-0.2, 0) is 13.2 Å². The lowest BCUT2D eigenvalue weighted by atomic mass is 10.1. The molecule has 3 aromatic heterocycles. The van der Waals surface area contributed by atoms with Gasteiger partial charge in [0.15, 0.2) is 0 Å². The second-order valence-corrected chi connectivity index (χ2v) is 9.85. The Morgan fingerprint density at radius 2 is 2.00 bits per heavy atom. The number of hydrogen-bond acceptors (Lipinski definition) is 9. The van der Waals surface area contributed by atoms with Gasteiger partial charge in [0.25, 0.3) is 0 Å². The Hall–Kier alpha value is -3.86. The quantitative estimate of drug-likeness (QED) is 0.281. The van der Waals surface area contributed by atoms with Crippen LogP contribution >= 0.6 is 11.3 Å².